The third-order valence-electron chi connectivity index (χ3n) is 4.72. The predicted molar refractivity (Wildman–Crippen MR) is 117 cm³/mol. The maximum atomic E-state index is 12.9. The molecule has 8 heteroatoms. The van der Waals surface area contributed by atoms with E-state index in [1.54, 1.807) is 35.4 Å². The van der Waals surface area contributed by atoms with Gasteiger partial charge in [0.15, 0.2) is 0 Å². The van der Waals surface area contributed by atoms with E-state index in [4.69, 9.17) is 9.47 Å². The minimum absolute atomic E-state index is 0.0127. The number of pyridine rings is 2. The van der Waals surface area contributed by atoms with E-state index in [0.29, 0.717) is 11.5 Å². The van der Waals surface area contributed by atoms with Gasteiger partial charge in [-0.25, -0.2) is 8.78 Å². The Hall–Kier alpha value is -3.81. The van der Waals surface area contributed by atoms with Gasteiger partial charge in [0.25, 0.3) is 0 Å². The van der Waals surface area contributed by atoms with Crippen molar-refractivity contribution in [2.45, 2.75) is 13.2 Å². The lowest BCUT2D eigenvalue weighted by Crippen LogP contribution is -2.01. The molecule has 0 saturated carbocycles. The zero-order valence-electron chi connectivity index (χ0n) is 17.3. The molecule has 164 valence electrons. The van der Waals surface area contributed by atoms with Crippen molar-refractivity contribution in [1.29, 1.82) is 0 Å². The molecule has 0 aliphatic heterocycles. The number of rotatable bonds is 10. The Balaban J connectivity index is 1.47. The highest BCUT2D eigenvalue weighted by molar-refractivity contribution is 5.80. The Labute approximate surface area is 184 Å². The number of hydrogen-bond donors (Lipinski definition) is 0. The number of hydrogen-bond acceptors (Lipinski definition) is 5. The Morgan fingerprint density at radius 2 is 1.59 bits per heavy atom. The summed E-state index contributed by atoms with van der Waals surface area (Å²) in [5.74, 6) is 1.20. The van der Waals surface area contributed by atoms with Gasteiger partial charge in [-0.1, -0.05) is 0 Å². The Kier molecular flexibility index (Phi) is 7.01. The summed E-state index contributed by atoms with van der Waals surface area (Å²) in [5.41, 5.74) is 4.27. The summed E-state index contributed by atoms with van der Waals surface area (Å²) in [4.78, 5) is 8.32. The highest BCUT2D eigenvalue weighted by atomic mass is 19.1. The summed E-state index contributed by atoms with van der Waals surface area (Å²) < 4.78 is 37.6. The maximum Gasteiger partial charge on any atom is 0.137 e. The molecular formula is C24H22F2N4O2. The van der Waals surface area contributed by atoms with Crippen molar-refractivity contribution in [3.8, 4) is 33.9 Å². The second-order valence-corrected chi connectivity index (χ2v) is 6.92. The molecule has 6 nitrogen and oxygen atoms in total. The van der Waals surface area contributed by atoms with Crippen molar-refractivity contribution in [2.75, 3.05) is 20.0 Å². The van der Waals surface area contributed by atoms with E-state index in [0.717, 1.165) is 28.1 Å². The Morgan fingerprint density at radius 3 is 2.28 bits per heavy atom. The molecule has 4 aromatic rings. The molecule has 4 rings (SSSR count). The number of aryl methyl sites for hydroxylation is 1. The number of ether oxygens (including phenoxy) is 2. The van der Waals surface area contributed by atoms with E-state index in [-0.39, 0.29) is 19.8 Å². The predicted octanol–water partition coefficient (Wildman–Crippen LogP) is 4.90. The minimum Gasteiger partial charge on any atom is -0.489 e. The van der Waals surface area contributed by atoms with Crippen LogP contribution in [0.4, 0.5) is 8.78 Å². The Morgan fingerprint density at radius 1 is 0.812 bits per heavy atom. The number of halogens is 2. The van der Waals surface area contributed by atoms with Gasteiger partial charge >= 0.3 is 0 Å². The third kappa shape index (κ3) is 5.26. The summed E-state index contributed by atoms with van der Waals surface area (Å²) in [6.07, 6.45) is 6.83. The van der Waals surface area contributed by atoms with Crippen LogP contribution in [0, 0.1) is 0 Å². The molecule has 3 heterocycles. The molecule has 0 aliphatic carbocycles. The zero-order chi connectivity index (χ0) is 22.2. The van der Waals surface area contributed by atoms with Gasteiger partial charge in [-0.3, -0.25) is 14.6 Å². The van der Waals surface area contributed by atoms with Crippen molar-refractivity contribution in [3.05, 3.63) is 79.0 Å². The molecule has 0 spiro atoms. The van der Waals surface area contributed by atoms with E-state index in [9.17, 15) is 8.78 Å². The van der Waals surface area contributed by atoms with Crippen LogP contribution in [0.1, 0.15) is 5.69 Å². The lowest BCUT2D eigenvalue weighted by molar-refractivity contribution is 0.271. The fourth-order valence-corrected chi connectivity index (χ4v) is 3.18. The van der Waals surface area contributed by atoms with Crippen molar-refractivity contribution in [3.63, 3.8) is 0 Å². The molecular weight excluding hydrogens is 414 g/mol. The van der Waals surface area contributed by atoms with E-state index in [1.807, 2.05) is 42.6 Å². The van der Waals surface area contributed by atoms with Gasteiger partial charge in [0, 0.05) is 29.7 Å². The monoisotopic (exact) mass is 436 g/mol. The zero-order valence-corrected chi connectivity index (χ0v) is 17.3. The second kappa shape index (κ2) is 10.5. The molecule has 0 radical (unpaired) electrons. The van der Waals surface area contributed by atoms with Crippen LogP contribution in [0.2, 0.25) is 0 Å². The van der Waals surface area contributed by atoms with Gasteiger partial charge in [-0.2, -0.15) is 5.10 Å². The summed E-state index contributed by atoms with van der Waals surface area (Å²) in [6.45, 7) is -0.527. The van der Waals surface area contributed by atoms with Crippen molar-refractivity contribution in [1.82, 2.24) is 19.7 Å². The van der Waals surface area contributed by atoms with Gasteiger partial charge in [0.05, 0.1) is 18.4 Å². The smallest absolute Gasteiger partial charge is 0.137 e. The molecule has 0 atom stereocenters. The van der Waals surface area contributed by atoms with Crippen molar-refractivity contribution in [2.24, 2.45) is 0 Å². The summed E-state index contributed by atoms with van der Waals surface area (Å²) in [7, 11) is 0. The average molecular weight is 436 g/mol. The second-order valence-electron chi connectivity index (χ2n) is 6.92. The van der Waals surface area contributed by atoms with E-state index >= 15 is 0 Å². The van der Waals surface area contributed by atoms with Gasteiger partial charge in [0.1, 0.15) is 43.8 Å². The summed E-state index contributed by atoms with van der Waals surface area (Å²) >= 11 is 0. The highest BCUT2D eigenvalue weighted by Crippen LogP contribution is 2.31. The topological polar surface area (TPSA) is 62.1 Å². The summed E-state index contributed by atoms with van der Waals surface area (Å²) in [6, 6.07) is 14.9. The lowest BCUT2D eigenvalue weighted by atomic mass is 10.0. The number of aromatic nitrogens is 4. The molecule has 0 saturated heterocycles. The minimum atomic E-state index is -0.541. The first-order valence-electron chi connectivity index (χ1n) is 10.2. The van der Waals surface area contributed by atoms with Crippen LogP contribution in [-0.2, 0) is 13.2 Å². The molecule has 0 bridgehead atoms. The van der Waals surface area contributed by atoms with E-state index < -0.39 is 13.3 Å². The maximum absolute atomic E-state index is 12.9. The lowest BCUT2D eigenvalue weighted by Gasteiger charge is -2.08. The third-order valence-corrected chi connectivity index (χ3v) is 4.72. The number of benzene rings is 1. The van der Waals surface area contributed by atoms with Gasteiger partial charge in [0.2, 0.25) is 0 Å². The average Bonchev–Trinajstić information content (AvgIpc) is 3.27. The van der Waals surface area contributed by atoms with E-state index in [2.05, 4.69) is 15.1 Å². The van der Waals surface area contributed by atoms with Crippen LogP contribution in [0.15, 0.2) is 73.3 Å². The van der Waals surface area contributed by atoms with E-state index in [1.165, 1.54) is 0 Å². The molecule has 0 fully saturated rings. The first-order valence-corrected chi connectivity index (χ1v) is 10.2. The standard InChI is InChI=1S/C24H22F2N4O2/c25-9-13-30-16-23(18-7-11-27-12-8-18)24(29-30)19-1-4-21(5-2-19)32-17-20-3-6-22(15-28-20)31-14-10-26/h1-8,11-12,15-16H,9-10,13-14,17H2. The van der Waals surface area contributed by atoms with Crippen LogP contribution in [0.5, 0.6) is 11.5 Å². The quantitative estimate of drug-likeness (QED) is 0.354. The number of nitrogens with zero attached hydrogens (tertiary/aromatic N) is 4. The number of alkyl halides is 2. The molecule has 0 unspecified atom stereocenters. The fraction of sp³-hybridized carbons (Fsp3) is 0.208. The molecule has 32 heavy (non-hydrogen) atoms. The van der Waals surface area contributed by atoms with Crippen molar-refractivity contribution < 1.29 is 18.3 Å². The van der Waals surface area contributed by atoms with Crippen LogP contribution in [-0.4, -0.2) is 39.7 Å². The SMILES string of the molecule is FCCOc1ccc(COc2ccc(-c3nn(CCF)cc3-c3ccncc3)cc2)nc1. The largest absolute Gasteiger partial charge is 0.489 e. The fourth-order valence-electron chi connectivity index (χ4n) is 3.18. The van der Waals surface area contributed by atoms with Crippen LogP contribution < -0.4 is 9.47 Å². The van der Waals surface area contributed by atoms with Gasteiger partial charge < -0.3 is 9.47 Å². The van der Waals surface area contributed by atoms with Crippen LogP contribution in [0.25, 0.3) is 22.4 Å². The van der Waals surface area contributed by atoms with Crippen LogP contribution >= 0.6 is 0 Å². The normalized spacial score (nSPS) is 10.8. The molecule has 0 amide bonds. The van der Waals surface area contributed by atoms with Gasteiger partial charge in [-0.05, 0) is 54.1 Å². The van der Waals surface area contributed by atoms with Crippen molar-refractivity contribution >= 4 is 0 Å². The molecule has 0 N–H and O–H groups in total. The first kappa shape index (κ1) is 21.4. The summed E-state index contributed by atoms with van der Waals surface area (Å²) in [5, 5.41) is 4.57. The first-order chi connectivity index (χ1) is 15.8. The van der Waals surface area contributed by atoms with Crippen LogP contribution in [0.3, 0.4) is 0 Å². The Bertz CT molecular complexity index is 1120. The highest BCUT2D eigenvalue weighted by Gasteiger charge is 2.13. The van der Waals surface area contributed by atoms with Gasteiger partial charge in [-0.15, -0.1) is 0 Å². The molecule has 3 aromatic heterocycles. The molecule has 1 aromatic carbocycles. The molecule has 0 aliphatic rings.